The van der Waals surface area contributed by atoms with Gasteiger partial charge in [-0.2, -0.15) is 0 Å². The molecule has 0 spiro atoms. The van der Waals surface area contributed by atoms with Gasteiger partial charge in [0.1, 0.15) is 6.04 Å². The number of carbonyl (C=O) groups is 2. The van der Waals surface area contributed by atoms with Gasteiger partial charge >= 0.3 is 11.9 Å². The Hall–Kier alpha value is -1.62. The summed E-state index contributed by atoms with van der Waals surface area (Å²) >= 11 is 0. The number of unbranched alkanes of at least 4 members (excludes halogenated alkanes) is 2. The van der Waals surface area contributed by atoms with Crippen LogP contribution < -0.4 is 5.73 Å². The molecule has 0 saturated heterocycles. The molecule has 1 aliphatic carbocycles. The minimum Gasteiger partial charge on any atom is -0.480 e. The van der Waals surface area contributed by atoms with Crippen molar-refractivity contribution in [2.45, 2.75) is 57.4 Å². The lowest BCUT2D eigenvalue weighted by molar-refractivity contribution is -0.143. The summed E-state index contributed by atoms with van der Waals surface area (Å²) in [4.78, 5) is 22.0. The van der Waals surface area contributed by atoms with E-state index in [1.807, 2.05) is 6.08 Å². The number of carboxylic acids is 1. The molecule has 0 radical (unpaired) electrons. The van der Waals surface area contributed by atoms with Crippen molar-refractivity contribution in [2.75, 3.05) is 6.61 Å². The number of nitrogens with two attached hydrogens (primary N) is 1. The lowest BCUT2D eigenvalue weighted by atomic mass is 10.0. The van der Waals surface area contributed by atoms with Crippen molar-refractivity contribution in [3.05, 3.63) is 23.8 Å². The number of rotatable bonds is 10. The Balaban J connectivity index is 1.97. The molecule has 0 amide bonds. The maximum Gasteiger partial charge on any atom is 0.320 e. The zero-order valence-electron chi connectivity index (χ0n) is 12.4. The number of ether oxygens (including phenoxy) is 1. The number of carboxylic acid groups (broad SMARTS) is 1. The molecular formula is C16H25NO4. The Bertz CT molecular complexity index is 401. The van der Waals surface area contributed by atoms with Crippen molar-refractivity contribution < 1.29 is 19.4 Å². The summed E-state index contributed by atoms with van der Waals surface area (Å²) in [5, 5.41) is 8.62. The van der Waals surface area contributed by atoms with Crippen LogP contribution in [0.15, 0.2) is 23.8 Å². The molecule has 0 bridgehead atoms. The highest BCUT2D eigenvalue weighted by atomic mass is 16.5. The molecule has 118 valence electrons. The summed E-state index contributed by atoms with van der Waals surface area (Å²) in [6.45, 7) is 0.447. The third kappa shape index (κ3) is 8.30. The van der Waals surface area contributed by atoms with Gasteiger partial charge in [0.05, 0.1) is 6.61 Å². The molecular weight excluding hydrogens is 270 g/mol. The van der Waals surface area contributed by atoms with E-state index in [9.17, 15) is 9.59 Å². The Morgan fingerprint density at radius 1 is 1.33 bits per heavy atom. The third-order valence-electron chi connectivity index (χ3n) is 3.50. The molecule has 5 heteroatoms. The molecule has 0 heterocycles. The minimum absolute atomic E-state index is 0.176. The molecule has 0 aliphatic heterocycles. The Labute approximate surface area is 125 Å². The Morgan fingerprint density at radius 3 is 2.81 bits per heavy atom. The van der Waals surface area contributed by atoms with Crippen LogP contribution in [0.3, 0.4) is 0 Å². The van der Waals surface area contributed by atoms with Gasteiger partial charge in [-0.1, -0.05) is 36.6 Å². The van der Waals surface area contributed by atoms with Crippen molar-refractivity contribution in [1.29, 1.82) is 0 Å². The van der Waals surface area contributed by atoms with Crippen LogP contribution in [0.5, 0.6) is 0 Å². The van der Waals surface area contributed by atoms with Crippen molar-refractivity contribution in [3.8, 4) is 0 Å². The minimum atomic E-state index is -0.971. The first kappa shape index (κ1) is 17.4. The van der Waals surface area contributed by atoms with Crippen molar-refractivity contribution in [1.82, 2.24) is 0 Å². The van der Waals surface area contributed by atoms with Gasteiger partial charge in [-0.05, 0) is 25.7 Å². The maximum absolute atomic E-state index is 11.5. The second-order valence-corrected chi connectivity index (χ2v) is 5.31. The molecule has 1 atom stereocenters. The summed E-state index contributed by atoms with van der Waals surface area (Å²) in [6.07, 6.45) is 12.3. The summed E-state index contributed by atoms with van der Waals surface area (Å²) < 4.78 is 5.19. The van der Waals surface area contributed by atoms with Gasteiger partial charge < -0.3 is 15.6 Å². The molecule has 1 aliphatic rings. The van der Waals surface area contributed by atoms with Crippen LogP contribution in [0.1, 0.15) is 51.4 Å². The summed E-state index contributed by atoms with van der Waals surface area (Å²) in [6, 6.07) is -0.797. The lowest BCUT2D eigenvalue weighted by Crippen LogP contribution is -2.29. The number of carbonyl (C=O) groups excluding carboxylic acids is 1. The number of allylic oxidation sites excluding steroid dienone is 3. The molecule has 1 rings (SSSR count). The quantitative estimate of drug-likeness (QED) is 0.477. The zero-order valence-corrected chi connectivity index (χ0v) is 12.4. The van der Waals surface area contributed by atoms with Crippen LogP contribution in [-0.2, 0) is 14.3 Å². The second kappa shape index (κ2) is 10.2. The number of aliphatic carboxylic acids is 1. The topological polar surface area (TPSA) is 89.6 Å². The molecule has 0 unspecified atom stereocenters. The fourth-order valence-corrected chi connectivity index (χ4v) is 2.16. The first-order valence-electron chi connectivity index (χ1n) is 7.58. The van der Waals surface area contributed by atoms with Crippen LogP contribution >= 0.6 is 0 Å². The Morgan fingerprint density at radius 2 is 2.14 bits per heavy atom. The normalized spacial score (nSPS) is 15.4. The van der Waals surface area contributed by atoms with Gasteiger partial charge in [0, 0.05) is 12.8 Å². The molecule has 0 fully saturated rings. The predicted molar refractivity (Wildman–Crippen MR) is 80.7 cm³/mol. The molecule has 0 aromatic rings. The van der Waals surface area contributed by atoms with E-state index >= 15 is 0 Å². The smallest absolute Gasteiger partial charge is 0.320 e. The average molecular weight is 295 g/mol. The van der Waals surface area contributed by atoms with Crippen LogP contribution in [0, 0.1) is 0 Å². The van der Waals surface area contributed by atoms with E-state index in [2.05, 4.69) is 12.2 Å². The van der Waals surface area contributed by atoms with Gasteiger partial charge in [0.15, 0.2) is 0 Å². The van der Waals surface area contributed by atoms with Crippen LogP contribution in [0.2, 0.25) is 0 Å². The summed E-state index contributed by atoms with van der Waals surface area (Å²) in [5.74, 6) is -1.15. The van der Waals surface area contributed by atoms with E-state index in [0.717, 1.165) is 38.5 Å². The van der Waals surface area contributed by atoms with Crippen LogP contribution in [0.4, 0.5) is 0 Å². The summed E-state index contributed by atoms with van der Waals surface area (Å²) in [5.41, 5.74) is 6.72. The predicted octanol–water partition coefficient (Wildman–Crippen LogP) is 2.56. The van der Waals surface area contributed by atoms with Gasteiger partial charge in [-0.3, -0.25) is 9.59 Å². The molecule has 3 N–H and O–H groups in total. The van der Waals surface area contributed by atoms with E-state index < -0.39 is 12.0 Å². The van der Waals surface area contributed by atoms with Gasteiger partial charge in [-0.25, -0.2) is 0 Å². The molecule has 0 saturated carbocycles. The van der Waals surface area contributed by atoms with Crippen LogP contribution in [0.25, 0.3) is 0 Å². The van der Waals surface area contributed by atoms with Gasteiger partial charge in [-0.15, -0.1) is 0 Å². The van der Waals surface area contributed by atoms with E-state index in [1.54, 1.807) is 0 Å². The van der Waals surface area contributed by atoms with Crippen LogP contribution in [-0.4, -0.2) is 29.7 Å². The molecule has 0 aromatic carbocycles. The van der Waals surface area contributed by atoms with Gasteiger partial charge in [0.25, 0.3) is 0 Å². The monoisotopic (exact) mass is 295 g/mol. The lowest BCUT2D eigenvalue weighted by Gasteiger charge is -2.09. The van der Waals surface area contributed by atoms with Crippen molar-refractivity contribution >= 4 is 11.9 Å². The van der Waals surface area contributed by atoms with Gasteiger partial charge in [0.2, 0.25) is 0 Å². The molecule has 21 heavy (non-hydrogen) atoms. The zero-order chi connectivity index (χ0) is 15.5. The third-order valence-corrected chi connectivity index (χ3v) is 3.50. The van der Waals surface area contributed by atoms with E-state index in [-0.39, 0.29) is 5.97 Å². The Kier molecular flexibility index (Phi) is 8.43. The molecule has 0 aromatic heterocycles. The fraction of sp³-hybridized carbons (Fsp3) is 0.625. The fourth-order valence-electron chi connectivity index (χ4n) is 2.16. The van der Waals surface area contributed by atoms with E-state index in [4.69, 9.17) is 15.6 Å². The maximum atomic E-state index is 11.5. The highest BCUT2D eigenvalue weighted by Gasteiger charge is 2.10. The van der Waals surface area contributed by atoms with E-state index in [0.29, 0.717) is 19.4 Å². The highest BCUT2D eigenvalue weighted by molar-refractivity contribution is 5.72. The largest absolute Gasteiger partial charge is 0.480 e. The van der Waals surface area contributed by atoms with Crippen molar-refractivity contribution in [2.24, 2.45) is 5.73 Å². The first-order chi connectivity index (χ1) is 10.1. The van der Waals surface area contributed by atoms with Crippen molar-refractivity contribution in [3.63, 3.8) is 0 Å². The SMILES string of the molecule is N[C@@H](CCCCCC(=O)OCCC1=CC=CCC1)C(=O)O. The number of esters is 1. The molecule has 5 nitrogen and oxygen atoms in total. The first-order valence-corrected chi connectivity index (χ1v) is 7.58. The van der Waals surface area contributed by atoms with E-state index in [1.165, 1.54) is 5.57 Å². The second-order valence-electron chi connectivity index (χ2n) is 5.31. The average Bonchev–Trinajstić information content (AvgIpc) is 2.47. The standard InChI is InChI=1S/C16H25NO4/c17-14(16(19)20)9-5-2-6-10-15(18)21-12-11-13-7-3-1-4-8-13/h1,3,7,14H,2,4-6,8-12,17H2,(H,19,20)/t14-/m0/s1. The number of hydrogen-bond donors (Lipinski definition) is 2. The summed E-state index contributed by atoms with van der Waals surface area (Å²) in [7, 11) is 0. The number of hydrogen-bond acceptors (Lipinski definition) is 4. The highest BCUT2D eigenvalue weighted by Crippen LogP contribution is 2.15.